The molecule has 2 N–H and O–H groups in total. The Bertz CT molecular complexity index is 1760. The van der Waals surface area contributed by atoms with Crippen molar-refractivity contribution in [1.29, 1.82) is 0 Å². The zero-order chi connectivity index (χ0) is 35.0. The molecule has 6 rings (SSSR count). The minimum absolute atomic E-state index is 0.0339. The van der Waals surface area contributed by atoms with Gasteiger partial charge in [0.2, 0.25) is 5.91 Å². The lowest BCUT2D eigenvalue weighted by molar-refractivity contribution is -0.221. The number of aliphatic hydroxyl groups excluding tert-OH is 1. The number of ether oxygens (including phenoxy) is 1. The molecule has 3 aliphatic rings. The quantitative estimate of drug-likeness (QED) is 0.305. The molecule has 3 aliphatic heterocycles. The highest BCUT2D eigenvalue weighted by Gasteiger charge is 2.52. The minimum Gasteiger partial charge on any atom is -0.394 e. The summed E-state index contributed by atoms with van der Waals surface area (Å²) in [6.07, 6.45) is -0.879. The number of nitrogens with one attached hydrogen (secondary N) is 1. The summed E-state index contributed by atoms with van der Waals surface area (Å²) in [5, 5.41) is 12.8. The number of sulfone groups is 1. The Hall–Kier alpha value is -3.94. The van der Waals surface area contributed by atoms with Crippen molar-refractivity contribution < 1.29 is 41.0 Å². The van der Waals surface area contributed by atoms with E-state index in [1.165, 1.54) is 24.3 Å². The molecule has 2 amide bonds. The number of benzene rings is 3. The van der Waals surface area contributed by atoms with E-state index in [9.17, 15) is 36.3 Å². The maximum atomic E-state index is 14.1. The molecule has 9 nitrogen and oxygen atoms in total. The molecule has 0 saturated carbocycles. The first-order chi connectivity index (χ1) is 23.3. The number of aliphatic hydroxyl groups is 1. The van der Waals surface area contributed by atoms with Crippen LogP contribution >= 0.6 is 0 Å². The lowest BCUT2D eigenvalue weighted by Crippen LogP contribution is -2.61. The summed E-state index contributed by atoms with van der Waals surface area (Å²) in [7, 11) is -3.40. The standard InChI is InChI=1S/C36H40F3N3O6S/c1-2-49(46,47)30-15-8-25(9-16-30)31(23-43)40-33(44)26-6-13-29(14-7-26)41-22-27(24-4-11-28(12-5-24)36(37,38)39)10-17-32(41)34(45)42-20-3-18-35(42)19-21-48-35/h4-9,11-16,27,31-32,43H,2-3,10,17-23H2,1H3,(H,40,44)/t27?,31-,32-,35?/m0/s1. The van der Waals surface area contributed by atoms with Crippen LogP contribution in [0.2, 0.25) is 0 Å². The summed E-state index contributed by atoms with van der Waals surface area (Å²) >= 11 is 0. The van der Waals surface area contributed by atoms with Crippen molar-refractivity contribution in [3.8, 4) is 0 Å². The first-order valence-electron chi connectivity index (χ1n) is 16.6. The number of rotatable bonds is 9. The molecule has 0 aromatic heterocycles. The smallest absolute Gasteiger partial charge is 0.394 e. The van der Waals surface area contributed by atoms with E-state index in [1.54, 1.807) is 43.3 Å². The molecular formula is C36H40F3N3O6S. The number of piperidine rings is 1. The second kappa shape index (κ2) is 13.8. The molecule has 3 aromatic rings. The van der Waals surface area contributed by atoms with E-state index >= 15 is 0 Å². The van der Waals surface area contributed by atoms with E-state index in [2.05, 4.69) is 5.32 Å². The third-order valence-electron chi connectivity index (χ3n) is 10.1. The van der Waals surface area contributed by atoms with Gasteiger partial charge in [-0.3, -0.25) is 9.59 Å². The molecule has 3 fully saturated rings. The molecule has 0 aliphatic carbocycles. The van der Waals surface area contributed by atoms with Crippen molar-refractivity contribution in [3.63, 3.8) is 0 Å². The Balaban J connectivity index is 1.21. The number of likely N-dealkylation sites (tertiary alicyclic amines) is 1. The van der Waals surface area contributed by atoms with Gasteiger partial charge >= 0.3 is 6.18 Å². The summed E-state index contributed by atoms with van der Waals surface area (Å²) in [6.45, 7) is 2.76. The van der Waals surface area contributed by atoms with Gasteiger partial charge in [-0.1, -0.05) is 31.2 Å². The van der Waals surface area contributed by atoms with Gasteiger partial charge in [0.05, 0.1) is 35.5 Å². The van der Waals surface area contributed by atoms with Crippen molar-refractivity contribution in [1.82, 2.24) is 10.2 Å². The SMILES string of the molecule is CCS(=O)(=O)c1ccc([C@H](CO)NC(=O)c2ccc(N3CC(c4ccc(C(F)(F)F)cc4)CC[C@H]3C(=O)N3CCCC34CCO4)cc2)cc1. The van der Waals surface area contributed by atoms with Gasteiger partial charge in [-0.2, -0.15) is 13.2 Å². The lowest BCUT2D eigenvalue weighted by Gasteiger charge is -2.49. The largest absolute Gasteiger partial charge is 0.416 e. The fraction of sp³-hybridized carbons (Fsp3) is 0.444. The number of hydrogen-bond donors (Lipinski definition) is 2. The predicted molar refractivity (Wildman–Crippen MR) is 177 cm³/mol. The Kier molecular flexibility index (Phi) is 9.80. The number of anilines is 1. The highest BCUT2D eigenvalue weighted by Crippen LogP contribution is 2.43. The third-order valence-corrected chi connectivity index (χ3v) is 11.9. The van der Waals surface area contributed by atoms with Crippen LogP contribution in [0.5, 0.6) is 0 Å². The lowest BCUT2D eigenvalue weighted by atomic mass is 9.85. The van der Waals surface area contributed by atoms with E-state index < -0.39 is 51.9 Å². The zero-order valence-corrected chi connectivity index (χ0v) is 28.0. The third kappa shape index (κ3) is 7.06. The van der Waals surface area contributed by atoms with Crippen LogP contribution in [0.25, 0.3) is 0 Å². The molecule has 49 heavy (non-hydrogen) atoms. The number of alkyl halides is 3. The van der Waals surface area contributed by atoms with Crippen molar-refractivity contribution in [2.75, 3.05) is 37.0 Å². The molecule has 4 atom stereocenters. The molecule has 0 radical (unpaired) electrons. The second-order valence-corrected chi connectivity index (χ2v) is 15.2. The Labute approximate surface area is 284 Å². The van der Waals surface area contributed by atoms with Gasteiger partial charge in [0.25, 0.3) is 5.91 Å². The number of hydrogen-bond acceptors (Lipinski definition) is 7. The molecule has 0 bridgehead atoms. The van der Waals surface area contributed by atoms with E-state index in [-0.39, 0.29) is 22.5 Å². The number of nitrogens with zero attached hydrogens (tertiary/aromatic N) is 2. The maximum absolute atomic E-state index is 14.1. The summed E-state index contributed by atoms with van der Waals surface area (Å²) in [4.78, 5) is 31.4. The van der Waals surface area contributed by atoms with E-state index in [0.29, 0.717) is 49.4 Å². The second-order valence-electron chi connectivity index (χ2n) is 12.9. The van der Waals surface area contributed by atoms with Crippen LogP contribution in [0.3, 0.4) is 0 Å². The van der Waals surface area contributed by atoms with Crippen LogP contribution in [-0.4, -0.2) is 74.1 Å². The van der Waals surface area contributed by atoms with Gasteiger partial charge < -0.3 is 25.0 Å². The fourth-order valence-electron chi connectivity index (χ4n) is 7.17. The van der Waals surface area contributed by atoms with Crippen LogP contribution in [0, 0.1) is 0 Å². The normalized spacial score (nSPS) is 23.3. The van der Waals surface area contributed by atoms with Crippen LogP contribution in [0.15, 0.2) is 77.7 Å². The van der Waals surface area contributed by atoms with Gasteiger partial charge in [0.15, 0.2) is 9.84 Å². The molecule has 3 saturated heterocycles. The number of carbonyl (C=O) groups excluding carboxylic acids is 2. The molecule has 2 unspecified atom stereocenters. The Morgan fingerprint density at radius 1 is 1.00 bits per heavy atom. The fourth-order valence-corrected chi connectivity index (χ4v) is 8.06. The summed E-state index contributed by atoms with van der Waals surface area (Å²) in [5.41, 5.74) is 1.05. The predicted octanol–water partition coefficient (Wildman–Crippen LogP) is 5.45. The molecule has 3 heterocycles. The average Bonchev–Trinajstić information content (AvgIpc) is 3.56. The number of halogens is 3. The van der Waals surface area contributed by atoms with Crippen molar-refractivity contribution in [2.24, 2.45) is 0 Å². The average molecular weight is 700 g/mol. The zero-order valence-electron chi connectivity index (χ0n) is 27.2. The van der Waals surface area contributed by atoms with Crippen molar-refractivity contribution >= 4 is 27.3 Å². The number of carbonyl (C=O) groups is 2. The molecule has 262 valence electrons. The first-order valence-corrected chi connectivity index (χ1v) is 18.2. The summed E-state index contributed by atoms with van der Waals surface area (Å²) in [5.74, 6) is -0.650. The monoisotopic (exact) mass is 699 g/mol. The van der Waals surface area contributed by atoms with Crippen LogP contribution < -0.4 is 10.2 Å². The first kappa shape index (κ1) is 34.9. The minimum atomic E-state index is -4.43. The Morgan fingerprint density at radius 2 is 1.67 bits per heavy atom. The molecular weight excluding hydrogens is 659 g/mol. The summed E-state index contributed by atoms with van der Waals surface area (Å²) < 4.78 is 70.0. The van der Waals surface area contributed by atoms with Gasteiger partial charge in [0.1, 0.15) is 11.8 Å². The summed E-state index contributed by atoms with van der Waals surface area (Å²) in [6, 6.07) is 16.7. The highest BCUT2D eigenvalue weighted by atomic mass is 32.2. The van der Waals surface area contributed by atoms with Crippen LogP contribution in [0.1, 0.15) is 78.0 Å². The van der Waals surface area contributed by atoms with E-state index in [0.717, 1.165) is 37.0 Å². The van der Waals surface area contributed by atoms with Crippen molar-refractivity contribution in [2.45, 2.75) is 73.8 Å². The van der Waals surface area contributed by atoms with Gasteiger partial charge in [0, 0.05) is 36.7 Å². The number of amides is 2. The van der Waals surface area contributed by atoms with Crippen molar-refractivity contribution in [3.05, 3.63) is 95.1 Å². The van der Waals surface area contributed by atoms with E-state index in [4.69, 9.17) is 4.74 Å². The van der Waals surface area contributed by atoms with E-state index in [1.807, 2.05) is 9.80 Å². The topological polar surface area (TPSA) is 116 Å². The Morgan fingerprint density at radius 3 is 2.24 bits per heavy atom. The van der Waals surface area contributed by atoms with Gasteiger partial charge in [-0.15, -0.1) is 0 Å². The van der Waals surface area contributed by atoms with Gasteiger partial charge in [-0.25, -0.2) is 8.42 Å². The maximum Gasteiger partial charge on any atom is 0.416 e. The van der Waals surface area contributed by atoms with Crippen LogP contribution in [-0.2, 0) is 25.5 Å². The van der Waals surface area contributed by atoms with Gasteiger partial charge in [-0.05, 0) is 85.3 Å². The highest BCUT2D eigenvalue weighted by molar-refractivity contribution is 7.91. The molecule has 1 spiro atoms. The van der Waals surface area contributed by atoms with Crippen LogP contribution in [0.4, 0.5) is 18.9 Å². The molecule has 3 aromatic carbocycles. The molecule has 13 heteroatoms.